The van der Waals surface area contributed by atoms with E-state index in [0.717, 1.165) is 16.0 Å². The fourth-order valence-corrected chi connectivity index (χ4v) is 4.31. The lowest BCUT2D eigenvalue weighted by molar-refractivity contribution is -0.129. The zero-order chi connectivity index (χ0) is 32.0. The van der Waals surface area contributed by atoms with Gasteiger partial charge in [0.05, 0.1) is 6.54 Å². The number of benzene rings is 2. The van der Waals surface area contributed by atoms with Crippen molar-refractivity contribution in [2.24, 2.45) is 0 Å². The minimum atomic E-state index is -0.820. The minimum Gasteiger partial charge on any atom is -0.444 e. The smallest absolute Gasteiger partial charge is 0.417 e. The van der Waals surface area contributed by atoms with Crippen LogP contribution in [0.1, 0.15) is 81.2 Å². The normalized spacial score (nSPS) is 11.7. The Morgan fingerprint density at radius 1 is 1.00 bits per heavy atom. The van der Waals surface area contributed by atoms with Gasteiger partial charge in [-0.1, -0.05) is 70.8 Å². The highest BCUT2D eigenvalue weighted by Crippen LogP contribution is 2.28. The summed E-state index contributed by atoms with van der Waals surface area (Å²) in [5.41, 5.74) is 1.81. The maximum absolute atomic E-state index is 15.2. The van der Waals surface area contributed by atoms with Gasteiger partial charge in [-0.15, -0.1) is 0 Å². The maximum Gasteiger partial charge on any atom is 0.417 e. The molecule has 2 aromatic carbocycles. The number of anilines is 1. The Morgan fingerprint density at radius 3 is 2.12 bits per heavy atom. The monoisotopic (exact) mass is 605 g/mol. The Bertz CT molecular complexity index is 1150. The lowest BCUT2D eigenvalue weighted by Gasteiger charge is -2.28. The number of carbonyl (C=O) groups is 3. The van der Waals surface area contributed by atoms with Gasteiger partial charge in [-0.05, 0) is 63.4 Å². The van der Waals surface area contributed by atoms with Gasteiger partial charge in [0.2, 0.25) is 5.91 Å². The van der Waals surface area contributed by atoms with Crippen molar-refractivity contribution in [2.45, 2.75) is 99.2 Å². The van der Waals surface area contributed by atoms with Gasteiger partial charge in [0, 0.05) is 36.5 Å². The molecule has 1 atom stereocenters. The first-order valence-electron chi connectivity index (χ1n) is 14.5. The number of imide groups is 1. The second-order valence-corrected chi connectivity index (χ2v) is 12.3. The number of nitrogens with zero attached hydrogens (tertiary/aromatic N) is 2. The number of hydrogen-bond donors (Lipinski definition) is 1. The van der Waals surface area contributed by atoms with E-state index in [0.29, 0.717) is 36.0 Å². The van der Waals surface area contributed by atoms with Gasteiger partial charge in [-0.3, -0.25) is 14.4 Å². The molecule has 0 aliphatic heterocycles. The number of nitrogens with one attached hydrogen (secondary N) is 1. The molecule has 234 valence electrons. The summed E-state index contributed by atoms with van der Waals surface area (Å²) < 4.78 is 29.4. The first-order chi connectivity index (χ1) is 19.7. The van der Waals surface area contributed by atoms with Gasteiger partial charge < -0.3 is 9.47 Å². The van der Waals surface area contributed by atoms with Gasteiger partial charge in [-0.2, -0.15) is 0 Å². The van der Waals surface area contributed by atoms with Gasteiger partial charge in [0.25, 0.3) is 0 Å². The Hall–Kier alpha value is -3.11. The van der Waals surface area contributed by atoms with Crippen LogP contribution in [-0.4, -0.2) is 53.0 Å². The number of ether oxygens (including phenoxy) is 2. The van der Waals surface area contributed by atoms with E-state index in [2.05, 4.69) is 18.6 Å². The zero-order valence-electron chi connectivity index (χ0n) is 26.7. The topological polar surface area (TPSA) is 88.2 Å². The lowest BCUT2D eigenvalue weighted by atomic mass is 10.0. The standard InChI is InChI=1S/C30H42FN3O5S.C2H6/c1-9-16-33(28(36)38-21(4)19-34(22(5)35)29(37)39-30(6,7)8)25-14-15-26(27(31)17-25)24-12-10-23(11-13-24)18-32-40-20(2)3;1-2/h10-15,17,20-21,32H,9,16,18-19H2,1-8H3;1-2H3. The van der Waals surface area contributed by atoms with Gasteiger partial charge in [0.1, 0.15) is 17.5 Å². The SMILES string of the molecule is CC.CCCN(C(=O)OC(C)CN(C(C)=O)C(=O)OC(C)(C)C)c1ccc(-c2ccc(CNSC(C)C)cc2)c(F)c1. The van der Waals surface area contributed by atoms with Crippen molar-refractivity contribution in [3.8, 4) is 11.1 Å². The van der Waals surface area contributed by atoms with Crippen molar-refractivity contribution in [3.63, 3.8) is 0 Å². The van der Waals surface area contributed by atoms with Gasteiger partial charge in [0.15, 0.2) is 0 Å². The largest absolute Gasteiger partial charge is 0.444 e. The third-order valence-corrected chi connectivity index (χ3v) is 6.31. The minimum absolute atomic E-state index is 0.176. The number of hydrogen-bond acceptors (Lipinski definition) is 7. The molecule has 0 saturated heterocycles. The zero-order valence-corrected chi connectivity index (χ0v) is 27.6. The molecule has 2 rings (SSSR count). The average molecular weight is 606 g/mol. The predicted molar refractivity (Wildman–Crippen MR) is 170 cm³/mol. The fraction of sp³-hybridized carbons (Fsp3) is 0.531. The van der Waals surface area contributed by atoms with Crippen molar-refractivity contribution in [2.75, 3.05) is 18.0 Å². The Kier molecular flexibility index (Phi) is 15.6. The molecule has 0 aromatic heterocycles. The maximum atomic E-state index is 15.2. The molecular formula is C32H48FN3O5S. The third kappa shape index (κ3) is 12.4. The van der Waals surface area contributed by atoms with Crippen LogP contribution in [0.15, 0.2) is 42.5 Å². The van der Waals surface area contributed by atoms with Crippen LogP contribution in [0, 0.1) is 5.82 Å². The van der Waals surface area contributed by atoms with E-state index in [4.69, 9.17) is 9.47 Å². The molecule has 0 heterocycles. The molecule has 42 heavy (non-hydrogen) atoms. The van der Waals surface area contributed by atoms with E-state index in [1.54, 1.807) is 51.8 Å². The summed E-state index contributed by atoms with van der Waals surface area (Å²) >= 11 is 1.66. The van der Waals surface area contributed by atoms with Crippen LogP contribution in [-0.2, 0) is 20.8 Å². The number of amides is 3. The highest BCUT2D eigenvalue weighted by atomic mass is 32.2. The van der Waals surface area contributed by atoms with Crippen LogP contribution in [0.2, 0.25) is 0 Å². The van der Waals surface area contributed by atoms with Crippen LogP contribution >= 0.6 is 11.9 Å². The molecule has 2 aromatic rings. The molecule has 0 aliphatic carbocycles. The molecule has 0 aliphatic rings. The first kappa shape index (κ1) is 36.9. The summed E-state index contributed by atoms with van der Waals surface area (Å²) in [4.78, 5) is 39.8. The Balaban J connectivity index is 0.00000431. The van der Waals surface area contributed by atoms with E-state index in [9.17, 15) is 14.4 Å². The van der Waals surface area contributed by atoms with Crippen molar-refractivity contribution < 1.29 is 28.2 Å². The summed E-state index contributed by atoms with van der Waals surface area (Å²) in [6.45, 7) is 18.8. The highest BCUT2D eigenvalue weighted by Gasteiger charge is 2.28. The molecular weight excluding hydrogens is 557 g/mol. The molecule has 0 bridgehead atoms. The Morgan fingerprint density at radius 2 is 1.62 bits per heavy atom. The van der Waals surface area contributed by atoms with Crippen LogP contribution in [0.25, 0.3) is 11.1 Å². The summed E-state index contributed by atoms with van der Waals surface area (Å²) in [5.74, 6) is -0.993. The van der Waals surface area contributed by atoms with Gasteiger partial charge >= 0.3 is 12.2 Å². The molecule has 1 unspecified atom stereocenters. The third-order valence-electron chi connectivity index (χ3n) is 5.53. The number of halogens is 1. The van der Waals surface area contributed by atoms with E-state index in [1.807, 2.05) is 45.0 Å². The van der Waals surface area contributed by atoms with E-state index in [-0.39, 0.29) is 6.54 Å². The number of rotatable bonds is 11. The second kappa shape index (κ2) is 17.8. The quantitative estimate of drug-likeness (QED) is 0.258. The van der Waals surface area contributed by atoms with Crippen LogP contribution in [0.4, 0.5) is 19.7 Å². The Labute approximate surface area is 255 Å². The summed E-state index contributed by atoms with van der Waals surface area (Å²) in [5, 5.41) is 0.479. The molecule has 0 radical (unpaired) electrons. The van der Waals surface area contributed by atoms with Crippen molar-refractivity contribution >= 4 is 35.7 Å². The average Bonchev–Trinajstić information content (AvgIpc) is 2.90. The fourth-order valence-electron chi connectivity index (χ4n) is 3.73. The molecule has 0 spiro atoms. The molecule has 0 fully saturated rings. The summed E-state index contributed by atoms with van der Waals surface area (Å²) in [6.07, 6.45) is -1.73. The summed E-state index contributed by atoms with van der Waals surface area (Å²) in [6, 6.07) is 12.3. The van der Waals surface area contributed by atoms with Crippen molar-refractivity contribution in [1.29, 1.82) is 0 Å². The second-order valence-electron chi connectivity index (χ2n) is 10.8. The molecule has 10 heteroatoms. The van der Waals surface area contributed by atoms with Gasteiger partial charge in [-0.25, -0.2) is 18.9 Å². The predicted octanol–water partition coefficient (Wildman–Crippen LogP) is 8.19. The van der Waals surface area contributed by atoms with E-state index >= 15 is 4.39 Å². The van der Waals surface area contributed by atoms with Crippen LogP contribution < -0.4 is 9.62 Å². The molecule has 1 N–H and O–H groups in total. The molecule has 3 amide bonds. The summed E-state index contributed by atoms with van der Waals surface area (Å²) in [7, 11) is 0. The van der Waals surface area contributed by atoms with E-state index < -0.39 is 35.6 Å². The van der Waals surface area contributed by atoms with Crippen molar-refractivity contribution in [3.05, 3.63) is 53.8 Å². The van der Waals surface area contributed by atoms with Crippen LogP contribution in [0.5, 0.6) is 0 Å². The first-order valence-corrected chi connectivity index (χ1v) is 15.4. The van der Waals surface area contributed by atoms with Crippen LogP contribution in [0.3, 0.4) is 0 Å². The van der Waals surface area contributed by atoms with Crippen molar-refractivity contribution in [1.82, 2.24) is 9.62 Å². The number of carbonyl (C=O) groups excluding carboxylic acids is 3. The van der Waals surface area contributed by atoms with E-state index in [1.165, 1.54) is 17.9 Å². The molecule has 0 saturated carbocycles. The highest BCUT2D eigenvalue weighted by molar-refractivity contribution is 7.97. The molecule has 8 nitrogen and oxygen atoms in total. The lowest BCUT2D eigenvalue weighted by Crippen LogP contribution is -2.45.